The van der Waals surface area contributed by atoms with E-state index in [0.29, 0.717) is 11.1 Å². The number of nitrogens with one attached hydrogen (secondary N) is 1. The summed E-state index contributed by atoms with van der Waals surface area (Å²) in [6, 6.07) is 8.02. The molecule has 0 saturated carbocycles. The fourth-order valence-corrected chi connectivity index (χ4v) is 2.30. The minimum atomic E-state index is -2.20. The molecule has 0 bridgehead atoms. The lowest BCUT2D eigenvalue weighted by Gasteiger charge is -2.31. The number of alkyl halides is 3. The summed E-state index contributed by atoms with van der Waals surface area (Å²) in [6.07, 6.45) is 4.78. The summed E-state index contributed by atoms with van der Waals surface area (Å²) in [5.41, 5.74) is 0.992. The van der Waals surface area contributed by atoms with E-state index in [4.69, 9.17) is 23.2 Å². The lowest BCUT2D eigenvalue weighted by molar-refractivity contribution is -0.119. The molecule has 1 aliphatic carbocycles. The lowest BCUT2D eigenvalue weighted by Crippen LogP contribution is -2.47. The predicted octanol–water partition coefficient (Wildman–Crippen LogP) is 3.27. The highest BCUT2D eigenvalue weighted by molar-refractivity contribution is 6.30. The maximum Gasteiger partial charge on any atom is 0.235 e. The molecule has 0 aromatic heterocycles. The van der Waals surface area contributed by atoms with Crippen LogP contribution in [0, 0.1) is 0 Å². The molecule has 1 N–H and O–H groups in total. The molecule has 0 aliphatic heterocycles. The minimum Gasteiger partial charge on any atom is -0.344 e. The van der Waals surface area contributed by atoms with Crippen LogP contribution in [0.3, 0.4) is 0 Å². The highest BCUT2D eigenvalue weighted by Gasteiger charge is 2.42. The molecule has 2 unspecified atom stereocenters. The second kappa shape index (κ2) is 5.76. The molecule has 1 amide bonds. The van der Waals surface area contributed by atoms with E-state index in [0.717, 1.165) is 0 Å². The van der Waals surface area contributed by atoms with Gasteiger partial charge in [-0.05, 0) is 5.56 Å². The minimum absolute atomic E-state index is 0.234. The summed E-state index contributed by atoms with van der Waals surface area (Å²) in [7, 11) is 0. The van der Waals surface area contributed by atoms with Crippen molar-refractivity contribution >= 4 is 34.7 Å². The predicted molar refractivity (Wildman–Crippen MR) is 75.9 cm³/mol. The molecule has 2 rings (SSSR count). The van der Waals surface area contributed by atoms with Crippen molar-refractivity contribution in [1.82, 2.24) is 5.32 Å². The quantitative estimate of drug-likeness (QED) is 0.853. The van der Waals surface area contributed by atoms with Gasteiger partial charge in [-0.3, -0.25) is 4.79 Å². The average molecular weight is 300 g/mol. The third-order valence-corrected chi connectivity index (χ3v) is 3.52. The summed E-state index contributed by atoms with van der Waals surface area (Å²) < 4.78 is 14.8. The van der Waals surface area contributed by atoms with Crippen molar-refractivity contribution in [3.05, 3.63) is 54.1 Å². The van der Waals surface area contributed by atoms with Gasteiger partial charge in [0.15, 0.2) is 0 Å². The van der Waals surface area contributed by atoms with E-state index in [-0.39, 0.29) is 5.88 Å². The number of carbonyl (C=O) groups excluding carboxylic acids is 1. The van der Waals surface area contributed by atoms with Gasteiger partial charge < -0.3 is 5.32 Å². The van der Waals surface area contributed by atoms with Crippen LogP contribution in [0.1, 0.15) is 5.56 Å². The Hall–Kier alpha value is -1.32. The van der Waals surface area contributed by atoms with Gasteiger partial charge >= 0.3 is 0 Å². The van der Waals surface area contributed by atoms with Crippen LogP contribution in [0.15, 0.2) is 48.6 Å². The second-order valence-corrected chi connectivity index (χ2v) is 4.95. The third kappa shape index (κ3) is 2.99. The molecule has 0 radical (unpaired) electrons. The zero-order valence-electron chi connectivity index (χ0n) is 9.95. The summed E-state index contributed by atoms with van der Waals surface area (Å²) in [4.78, 5) is 11.3. The Kier molecular flexibility index (Phi) is 4.27. The second-order valence-electron chi connectivity index (χ2n) is 4.13. The van der Waals surface area contributed by atoms with Gasteiger partial charge in [-0.2, -0.15) is 0 Å². The summed E-state index contributed by atoms with van der Waals surface area (Å²) in [6.45, 7) is 0. The normalized spacial score (nSPS) is 25.8. The van der Waals surface area contributed by atoms with E-state index in [1.54, 1.807) is 36.4 Å². The summed E-state index contributed by atoms with van der Waals surface area (Å²) >= 11 is 11.4. The number of allylic oxidation sites excluding steroid dienone is 2. The van der Waals surface area contributed by atoms with Crippen molar-refractivity contribution in [2.24, 2.45) is 0 Å². The summed E-state index contributed by atoms with van der Waals surface area (Å²) in [5.74, 6) is -0.699. The van der Waals surface area contributed by atoms with Crippen LogP contribution < -0.4 is 5.32 Å². The van der Waals surface area contributed by atoms with Crippen LogP contribution in [-0.4, -0.2) is 23.0 Å². The van der Waals surface area contributed by atoms with E-state index in [1.165, 1.54) is 6.08 Å². The van der Waals surface area contributed by atoms with Crippen molar-refractivity contribution in [2.75, 3.05) is 5.88 Å². The van der Waals surface area contributed by atoms with Gasteiger partial charge in [-0.1, -0.05) is 60.2 Å². The van der Waals surface area contributed by atoms with Gasteiger partial charge in [0.05, 0.1) is 0 Å². The fourth-order valence-electron chi connectivity index (χ4n) is 1.92. The van der Waals surface area contributed by atoms with Gasteiger partial charge in [0.25, 0.3) is 0 Å². The summed E-state index contributed by atoms with van der Waals surface area (Å²) in [5, 5.41) is 0.256. The molecular weight excluding hydrogens is 288 g/mol. The molecule has 19 heavy (non-hydrogen) atoms. The molecule has 1 aromatic carbocycles. The van der Waals surface area contributed by atoms with Crippen LogP contribution in [-0.2, 0) is 4.79 Å². The largest absolute Gasteiger partial charge is 0.344 e. The van der Waals surface area contributed by atoms with Crippen molar-refractivity contribution in [2.45, 2.75) is 11.2 Å². The molecule has 1 aromatic rings. The van der Waals surface area contributed by atoms with E-state index >= 15 is 0 Å². The Balaban J connectivity index is 2.29. The number of hydrogen-bond donors (Lipinski definition) is 1. The zero-order valence-corrected chi connectivity index (χ0v) is 11.5. The molecule has 100 valence electrons. The third-order valence-electron chi connectivity index (χ3n) is 2.84. The van der Waals surface area contributed by atoms with Gasteiger partial charge in [0.2, 0.25) is 11.0 Å². The van der Waals surface area contributed by atoms with Crippen LogP contribution >= 0.6 is 23.2 Å². The maximum atomic E-state index is 14.8. The first-order valence-electron chi connectivity index (χ1n) is 5.73. The van der Waals surface area contributed by atoms with Gasteiger partial charge in [-0.25, -0.2) is 4.39 Å². The van der Waals surface area contributed by atoms with Crippen molar-refractivity contribution in [3.63, 3.8) is 0 Å². The number of amides is 1. The average Bonchev–Trinajstić information content (AvgIpc) is 2.41. The molecule has 2 nitrogen and oxygen atoms in total. The fraction of sp³-hybridized carbons (Fsp3) is 0.214. The van der Waals surface area contributed by atoms with E-state index in [2.05, 4.69) is 5.32 Å². The van der Waals surface area contributed by atoms with Gasteiger partial charge in [-0.15, -0.1) is 11.6 Å². The maximum absolute atomic E-state index is 14.8. The standard InChI is InChI=1S/C14H12Cl2FNO/c15-9-13(19)18-12-8-4-7-11(14(12,16)17)10-5-2-1-3-6-10/h1-8,12H,9H2,(H,18,19). The van der Waals surface area contributed by atoms with Crippen molar-refractivity contribution < 1.29 is 9.18 Å². The lowest BCUT2D eigenvalue weighted by atomic mass is 9.92. The number of carbonyl (C=O) groups is 1. The van der Waals surface area contributed by atoms with Crippen LogP contribution in [0.25, 0.3) is 5.57 Å². The molecule has 1 aliphatic rings. The van der Waals surface area contributed by atoms with Crippen molar-refractivity contribution in [1.29, 1.82) is 0 Å². The Morgan fingerprint density at radius 1 is 1.37 bits per heavy atom. The topological polar surface area (TPSA) is 29.1 Å². The van der Waals surface area contributed by atoms with Crippen LogP contribution in [0.2, 0.25) is 0 Å². The Morgan fingerprint density at radius 3 is 2.68 bits per heavy atom. The smallest absolute Gasteiger partial charge is 0.235 e. The molecule has 0 heterocycles. The van der Waals surface area contributed by atoms with Crippen LogP contribution in [0.5, 0.6) is 0 Å². The number of benzene rings is 1. The Labute approximate surface area is 120 Å². The first-order chi connectivity index (χ1) is 9.05. The van der Waals surface area contributed by atoms with Crippen molar-refractivity contribution in [3.8, 4) is 0 Å². The number of rotatable bonds is 3. The molecule has 0 fully saturated rings. The van der Waals surface area contributed by atoms with Crippen LogP contribution in [0.4, 0.5) is 4.39 Å². The highest BCUT2D eigenvalue weighted by Crippen LogP contribution is 2.40. The molecular formula is C14H12Cl2FNO. The van der Waals surface area contributed by atoms with E-state index < -0.39 is 17.1 Å². The molecule has 2 atom stereocenters. The number of hydrogen-bond acceptors (Lipinski definition) is 1. The molecule has 0 spiro atoms. The molecule has 5 heteroatoms. The number of halogens is 3. The first-order valence-corrected chi connectivity index (χ1v) is 6.64. The monoisotopic (exact) mass is 299 g/mol. The Morgan fingerprint density at radius 2 is 2.05 bits per heavy atom. The first kappa shape index (κ1) is 14.1. The van der Waals surface area contributed by atoms with E-state index in [1.807, 2.05) is 6.07 Å². The molecule has 0 saturated heterocycles. The van der Waals surface area contributed by atoms with E-state index in [9.17, 15) is 9.18 Å². The Bertz CT molecular complexity index is 526. The van der Waals surface area contributed by atoms with Gasteiger partial charge in [0, 0.05) is 5.57 Å². The van der Waals surface area contributed by atoms with Gasteiger partial charge in [0.1, 0.15) is 11.9 Å². The SMILES string of the molecule is O=C(CCl)NC1C=CC=C(c2ccccc2)C1(F)Cl. The highest BCUT2D eigenvalue weighted by atomic mass is 35.5. The zero-order chi connectivity index (χ0) is 13.9.